The molecule has 3 fully saturated rings. The van der Waals surface area contributed by atoms with Crippen LogP contribution in [0.4, 0.5) is 0 Å². The number of carboxylic acid groups (broad SMARTS) is 2. The van der Waals surface area contributed by atoms with E-state index < -0.39 is 23.8 Å². The van der Waals surface area contributed by atoms with Crippen LogP contribution in [0.2, 0.25) is 0 Å². The molecule has 2 atom stereocenters. The molecule has 4 heteroatoms. The minimum absolute atomic E-state index is 0.213. The maximum atomic E-state index is 11.6. The average Bonchev–Trinajstić information content (AvgIpc) is 2.27. The van der Waals surface area contributed by atoms with E-state index in [1.807, 2.05) is 20.8 Å². The molecule has 3 saturated carbocycles. The normalized spacial score (nSPS) is 43.1. The van der Waals surface area contributed by atoms with E-state index in [2.05, 4.69) is 0 Å². The summed E-state index contributed by atoms with van der Waals surface area (Å²) in [4.78, 5) is 23.2. The Hall–Kier alpha value is -1.06. The van der Waals surface area contributed by atoms with Gasteiger partial charge in [-0.05, 0) is 42.4 Å². The molecule has 0 spiro atoms. The van der Waals surface area contributed by atoms with E-state index in [1.165, 1.54) is 0 Å². The standard InChI is InChI=1S/C14H22O4/c1-8(2)14-6-4-13(3,5-7-14)9(11(15)16)10(14)12(17)18/h8-10H,4-7H2,1-3H3,(H,15,16)(H,17,18). The Kier molecular flexibility index (Phi) is 2.95. The average molecular weight is 254 g/mol. The fourth-order valence-corrected chi connectivity index (χ4v) is 4.41. The van der Waals surface area contributed by atoms with Crippen molar-refractivity contribution in [1.82, 2.24) is 0 Å². The number of carboxylic acids is 2. The Labute approximate surface area is 107 Å². The monoisotopic (exact) mass is 254 g/mol. The minimum atomic E-state index is -0.936. The number of aliphatic carboxylic acids is 2. The van der Waals surface area contributed by atoms with Gasteiger partial charge >= 0.3 is 11.9 Å². The summed E-state index contributed by atoms with van der Waals surface area (Å²) in [6.07, 6.45) is 3.38. The van der Waals surface area contributed by atoms with Gasteiger partial charge in [0.25, 0.3) is 0 Å². The van der Waals surface area contributed by atoms with Crippen molar-refractivity contribution in [2.75, 3.05) is 0 Å². The van der Waals surface area contributed by atoms with Crippen molar-refractivity contribution in [2.45, 2.75) is 46.5 Å². The maximum absolute atomic E-state index is 11.6. The van der Waals surface area contributed by atoms with Crippen LogP contribution >= 0.6 is 0 Å². The van der Waals surface area contributed by atoms with Gasteiger partial charge in [0.1, 0.15) is 0 Å². The number of hydrogen-bond acceptors (Lipinski definition) is 2. The van der Waals surface area contributed by atoms with E-state index in [0.29, 0.717) is 0 Å². The summed E-state index contributed by atoms with van der Waals surface area (Å²) in [6.45, 7) is 6.01. The quantitative estimate of drug-likeness (QED) is 0.811. The summed E-state index contributed by atoms with van der Waals surface area (Å²) in [5, 5.41) is 19.0. The number of carbonyl (C=O) groups is 2. The second-order valence-corrected chi connectivity index (χ2v) is 6.67. The van der Waals surface area contributed by atoms with Crippen LogP contribution in [0.3, 0.4) is 0 Å². The van der Waals surface area contributed by atoms with Crippen molar-refractivity contribution >= 4 is 11.9 Å². The lowest BCUT2D eigenvalue weighted by molar-refractivity contribution is -0.192. The first-order valence-corrected chi connectivity index (χ1v) is 6.70. The van der Waals surface area contributed by atoms with E-state index in [9.17, 15) is 19.8 Å². The predicted octanol–water partition coefficient (Wildman–Crippen LogP) is 2.62. The van der Waals surface area contributed by atoms with E-state index in [1.54, 1.807) is 0 Å². The van der Waals surface area contributed by atoms with Crippen molar-refractivity contribution < 1.29 is 19.8 Å². The SMILES string of the molecule is CC(C)C12CCC(C)(CC1)C(C(=O)O)C2C(=O)O. The molecule has 0 aromatic heterocycles. The first kappa shape index (κ1) is 13.4. The van der Waals surface area contributed by atoms with Crippen molar-refractivity contribution in [3.8, 4) is 0 Å². The first-order chi connectivity index (χ1) is 8.24. The molecule has 0 aliphatic heterocycles. The van der Waals surface area contributed by atoms with Crippen molar-refractivity contribution in [2.24, 2.45) is 28.6 Å². The lowest BCUT2D eigenvalue weighted by Gasteiger charge is -2.60. The predicted molar refractivity (Wildman–Crippen MR) is 66.1 cm³/mol. The van der Waals surface area contributed by atoms with E-state index in [-0.39, 0.29) is 16.7 Å². The maximum Gasteiger partial charge on any atom is 0.307 e. The van der Waals surface area contributed by atoms with E-state index in [0.717, 1.165) is 25.7 Å². The van der Waals surface area contributed by atoms with Gasteiger partial charge in [-0.3, -0.25) is 9.59 Å². The second kappa shape index (κ2) is 3.97. The molecular weight excluding hydrogens is 232 g/mol. The lowest BCUT2D eigenvalue weighted by Crippen LogP contribution is -2.60. The van der Waals surface area contributed by atoms with Gasteiger partial charge in [0.2, 0.25) is 0 Å². The highest BCUT2D eigenvalue weighted by Gasteiger charge is 2.64. The summed E-state index contributed by atoms with van der Waals surface area (Å²) in [5.74, 6) is -3.12. The summed E-state index contributed by atoms with van der Waals surface area (Å²) in [6, 6.07) is 0. The van der Waals surface area contributed by atoms with Gasteiger partial charge < -0.3 is 10.2 Å². The Bertz CT molecular complexity index is 377. The highest BCUT2D eigenvalue weighted by molar-refractivity contribution is 5.82. The van der Waals surface area contributed by atoms with Crippen LogP contribution in [0.1, 0.15) is 46.5 Å². The second-order valence-electron chi connectivity index (χ2n) is 6.67. The van der Waals surface area contributed by atoms with Gasteiger partial charge in [0.15, 0.2) is 0 Å². The van der Waals surface area contributed by atoms with Gasteiger partial charge in [-0.25, -0.2) is 0 Å². The Balaban J connectivity index is 2.52. The molecule has 3 aliphatic carbocycles. The number of rotatable bonds is 3. The molecule has 18 heavy (non-hydrogen) atoms. The molecule has 0 heterocycles. The van der Waals surface area contributed by atoms with Crippen LogP contribution in [-0.2, 0) is 9.59 Å². The molecular formula is C14H22O4. The third kappa shape index (κ3) is 1.57. The molecule has 0 aromatic rings. The number of hydrogen-bond donors (Lipinski definition) is 2. The third-order valence-electron chi connectivity index (χ3n) is 5.71. The molecule has 3 aliphatic rings. The minimum Gasteiger partial charge on any atom is -0.481 e. The van der Waals surface area contributed by atoms with Gasteiger partial charge in [0, 0.05) is 0 Å². The summed E-state index contributed by atoms with van der Waals surface area (Å²) >= 11 is 0. The van der Waals surface area contributed by atoms with E-state index in [4.69, 9.17) is 0 Å². The summed E-state index contributed by atoms with van der Waals surface area (Å²) in [5.41, 5.74) is -0.668. The van der Waals surface area contributed by atoms with Crippen LogP contribution in [-0.4, -0.2) is 22.2 Å². The highest BCUT2D eigenvalue weighted by Crippen LogP contribution is 2.65. The van der Waals surface area contributed by atoms with Gasteiger partial charge in [-0.1, -0.05) is 20.8 Å². The first-order valence-electron chi connectivity index (χ1n) is 6.70. The van der Waals surface area contributed by atoms with Crippen molar-refractivity contribution in [3.63, 3.8) is 0 Å². The van der Waals surface area contributed by atoms with Crippen LogP contribution in [0.5, 0.6) is 0 Å². The zero-order valence-electron chi connectivity index (χ0n) is 11.3. The number of fused-ring (bicyclic) bond motifs is 3. The van der Waals surface area contributed by atoms with Crippen molar-refractivity contribution in [3.05, 3.63) is 0 Å². The van der Waals surface area contributed by atoms with Crippen LogP contribution in [0, 0.1) is 28.6 Å². The zero-order valence-corrected chi connectivity index (χ0v) is 11.3. The summed E-state index contributed by atoms with van der Waals surface area (Å²) in [7, 11) is 0. The topological polar surface area (TPSA) is 74.6 Å². The molecule has 2 unspecified atom stereocenters. The Morgan fingerprint density at radius 1 is 1.00 bits per heavy atom. The Morgan fingerprint density at radius 3 is 1.78 bits per heavy atom. The molecule has 2 N–H and O–H groups in total. The molecule has 3 rings (SSSR count). The molecule has 0 radical (unpaired) electrons. The Morgan fingerprint density at radius 2 is 1.44 bits per heavy atom. The van der Waals surface area contributed by atoms with Crippen molar-refractivity contribution in [1.29, 1.82) is 0 Å². The largest absolute Gasteiger partial charge is 0.481 e. The molecule has 0 saturated heterocycles. The van der Waals surface area contributed by atoms with Crippen LogP contribution in [0.25, 0.3) is 0 Å². The zero-order chi connectivity index (χ0) is 13.7. The fraction of sp³-hybridized carbons (Fsp3) is 0.857. The molecule has 2 bridgehead atoms. The third-order valence-corrected chi connectivity index (χ3v) is 5.71. The smallest absolute Gasteiger partial charge is 0.307 e. The lowest BCUT2D eigenvalue weighted by atomic mass is 9.42. The molecule has 0 amide bonds. The molecule has 0 aromatic carbocycles. The molecule has 4 nitrogen and oxygen atoms in total. The molecule has 102 valence electrons. The van der Waals surface area contributed by atoms with E-state index >= 15 is 0 Å². The summed E-state index contributed by atoms with van der Waals surface area (Å²) < 4.78 is 0. The van der Waals surface area contributed by atoms with Gasteiger partial charge in [-0.2, -0.15) is 0 Å². The highest BCUT2D eigenvalue weighted by atomic mass is 16.4. The van der Waals surface area contributed by atoms with Gasteiger partial charge in [-0.15, -0.1) is 0 Å². The van der Waals surface area contributed by atoms with Gasteiger partial charge in [0.05, 0.1) is 11.8 Å². The van der Waals surface area contributed by atoms with Crippen LogP contribution < -0.4 is 0 Å². The fourth-order valence-electron chi connectivity index (χ4n) is 4.41. The van der Waals surface area contributed by atoms with Crippen LogP contribution in [0.15, 0.2) is 0 Å².